The van der Waals surface area contributed by atoms with E-state index in [0.29, 0.717) is 11.3 Å². The number of carbonyl (C=O) groups is 2. The standard InChI is InChI=1S/C12H13NO4/c1-12(13)7-4-2-3-5-9(7)17-11(16)8(12)6-10(14)15/h2-5,8H,6,13H2,1H3,(H,14,15). The number of hydrogen-bond acceptors (Lipinski definition) is 4. The number of esters is 1. The summed E-state index contributed by atoms with van der Waals surface area (Å²) in [5, 5.41) is 8.80. The van der Waals surface area contributed by atoms with Crippen LogP contribution in [0, 0.1) is 5.92 Å². The molecule has 3 N–H and O–H groups in total. The molecule has 0 aliphatic carbocycles. The molecule has 0 saturated heterocycles. The lowest BCUT2D eigenvalue weighted by atomic mass is 9.76. The summed E-state index contributed by atoms with van der Waals surface area (Å²) in [6.07, 6.45) is -0.333. The van der Waals surface area contributed by atoms with Gasteiger partial charge >= 0.3 is 11.9 Å². The summed E-state index contributed by atoms with van der Waals surface area (Å²) in [7, 11) is 0. The Morgan fingerprint density at radius 1 is 1.53 bits per heavy atom. The largest absolute Gasteiger partial charge is 0.481 e. The highest BCUT2D eigenvalue weighted by molar-refractivity contribution is 5.84. The molecule has 0 fully saturated rings. The van der Waals surface area contributed by atoms with Crippen molar-refractivity contribution in [3.63, 3.8) is 0 Å². The fourth-order valence-corrected chi connectivity index (χ4v) is 2.08. The van der Waals surface area contributed by atoms with Gasteiger partial charge in [0.15, 0.2) is 0 Å². The van der Waals surface area contributed by atoms with Gasteiger partial charge in [-0.25, -0.2) is 0 Å². The number of fused-ring (bicyclic) bond motifs is 1. The monoisotopic (exact) mass is 235 g/mol. The number of carbonyl (C=O) groups excluding carboxylic acids is 1. The molecule has 0 radical (unpaired) electrons. The Balaban J connectivity index is 2.46. The van der Waals surface area contributed by atoms with Crippen molar-refractivity contribution in [3.8, 4) is 5.75 Å². The van der Waals surface area contributed by atoms with Crippen LogP contribution in [0.1, 0.15) is 18.9 Å². The Kier molecular flexibility index (Phi) is 2.63. The normalized spacial score (nSPS) is 27.2. The second kappa shape index (κ2) is 3.85. The smallest absolute Gasteiger partial charge is 0.317 e. The number of aliphatic carboxylic acids is 1. The number of rotatable bonds is 2. The summed E-state index contributed by atoms with van der Waals surface area (Å²) in [6.45, 7) is 1.65. The molecule has 2 rings (SSSR count). The second-order valence-electron chi connectivity index (χ2n) is 4.35. The van der Waals surface area contributed by atoms with Gasteiger partial charge in [0.05, 0.1) is 17.9 Å². The predicted molar refractivity (Wildman–Crippen MR) is 59.4 cm³/mol. The molecular weight excluding hydrogens is 222 g/mol. The van der Waals surface area contributed by atoms with Crippen molar-refractivity contribution in [2.75, 3.05) is 0 Å². The molecule has 1 heterocycles. The first-order chi connectivity index (χ1) is 7.93. The molecule has 2 atom stereocenters. The summed E-state index contributed by atoms with van der Waals surface area (Å²) in [6, 6.07) is 6.91. The van der Waals surface area contributed by atoms with E-state index in [9.17, 15) is 9.59 Å². The maximum Gasteiger partial charge on any atom is 0.317 e. The summed E-state index contributed by atoms with van der Waals surface area (Å²) in [5.74, 6) is -2.11. The van der Waals surface area contributed by atoms with Gasteiger partial charge < -0.3 is 15.6 Å². The molecule has 1 aliphatic rings. The molecule has 0 saturated carbocycles. The molecule has 5 nitrogen and oxygen atoms in total. The zero-order chi connectivity index (χ0) is 12.6. The van der Waals surface area contributed by atoms with E-state index in [2.05, 4.69) is 0 Å². The minimum Gasteiger partial charge on any atom is -0.481 e. The number of para-hydroxylation sites is 1. The van der Waals surface area contributed by atoms with Gasteiger partial charge in [0.25, 0.3) is 0 Å². The molecule has 1 aromatic rings. The van der Waals surface area contributed by atoms with Crippen LogP contribution in [0.2, 0.25) is 0 Å². The molecule has 0 spiro atoms. The van der Waals surface area contributed by atoms with Crippen LogP contribution in [0.4, 0.5) is 0 Å². The molecule has 90 valence electrons. The number of hydrogen-bond donors (Lipinski definition) is 2. The lowest BCUT2D eigenvalue weighted by molar-refractivity contribution is -0.150. The molecule has 1 aromatic carbocycles. The first kappa shape index (κ1) is 11.6. The summed E-state index contributed by atoms with van der Waals surface area (Å²) >= 11 is 0. The Morgan fingerprint density at radius 2 is 2.18 bits per heavy atom. The van der Waals surface area contributed by atoms with Gasteiger partial charge in [-0.15, -0.1) is 0 Å². The van der Waals surface area contributed by atoms with Gasteiger partial charge in [-0.2, -0.15) is 0 Å². The fourth-order valence-electron chi connectivity index (χ4n) is 2.08. The van der Waals surface area contributed by atoms with Crippen LogP contribution in [0.5, 0.6) is 5.75 Å². The Bertz CT molecular complexity index is 481. The molecule has 5 heteroatoms. The van der Waals surface area contributed by atoms with Crippen molar-refractivity contribution in [3.05, 3.63) is 29.8 Å². The van der Waals surface area contributed by atoms with E-state index in [1.165, 1.54) is 0 Å². The van der Waals surface area contributed by atoms with Gasteiger partial charge in [0, 0.05) is 5.56 Å². The zero-order valence-electron chi connectivity index (χ0n) is 9.34. The number of benzene rings is 1. The minimum absolute atomic E-state index is 0.333. The van der Waals surface area contributed by atoms with E-state index < -0.39 is 23.4 Å². The number of carboxylic acid groups (broad SMARTS) is 1. The van der Waals surface area contributed by atoms with Crippen LogP contribution >= 0.6 is 0 Å². The number of nitrogens with two attached hydrogens (primary N) is 1. The van der Waals surface area contributed by atoms with E-state index in [-0.39, 0.29) is 6.42 Å². The summed E-state index contributed by atoms with van der Waals surface area (Å²) in [4.78, 5) is 22.5. The second-order valence-corrected chi connectivity index (χ2v) is 4.35. The molecular formula is C12H13NO4. The third-order valence-corrected chi connectivity index (χ3v) is 3.07. The van der Waals surface area contributed by atoms with E-state index in [4.69, 9.17) is 15.6 Å². The predicted octanol–water partition coefficient (Wildman–Crippen LogP) is 0.870. The van der Waals surface area contributed by atoms with Crippen molar-refractivity contribution >= 4 is 11.9 Å². The lowest BCUT2D eigenvalue weighted by Gasteiger charge is -2.37. The van der Waals surface area contributed by atoms with E-state index >= 15 is 0 Å². The SMILES string of the molecule is CC1(N)c2ccccc2OC(=O)C1CC(=O)O. The Hall–Kier alpha value is -1.88. The third-order valence-electron chi connectivity index (χ3n) is 3.07. The highest BCUT2D eigenvalue weighted by Gasteiger charge is 2.45. The lowest BCUT2D eigenvalue weighted by Crippen LogP contribution is -2.50. The highest BCUT2D eigenvalue weighted by atomic mass is 16.5. The van der Waals surface area contributed by atoms with Crippen LogP contribution < -0.4 is 10.5 Å². The van der Waals surface area contributed by atoms with Crippen LogP contribution in [0.15, 0.2) is 24.3 Å². The van der Waals surface area contributed by atoms with Gasteiger partial charge in [0.1, 0.15) is 5.75 Å². The van der Waals surface area contributed by atoms with E-state index in [1.54, 1.807) is 31.2 Å². The summed E-state index contributed by atoms with van der Waals surface area (Å²) in [5.41, 5.74) is 5.74. The van der Waals surface area contributed by atoms with Crippen molar-refractivity contribution in [2.24, 2.45) is 11.7 Å². The topological polar surface area (TPSA) is 89.6 Å². The maximum absolute atomic E-state index is 11.7. The number of carboxylic acids is 1. The van der Waals surface area contributed by atoms with Gasteiger partial charge in [-0.3, -0.25) is 9.59 Å². The zero-order valence-corrected chi connectivity index (χ0v) is 9.34. The summed E-state index contributed by atoms with van der Waals surface area (Å²) < 4.78 is 5.10. The Labute approximate surface area is 98.2 Å². The quantitative estimate of drug-likeness (QED) is 0.586. The van der Waals surface area contributed by atoms with Crippen LogP contribution in [-0.4, -0.2) is 17.0 Å². The minimum atomic E-state index is -1.07. The van der Waals surface area contributed by atoms with Crippen LogP contribution in [-0.2, 0) is 15.1 Å². The molecule has 0 aromatic heterocycles. The average Bonchev–Trinajstić information content (AvgIpc) is 2.24. The first-order valence-corrected chi connectivity index (χ1v) is 5.25. The molecule has 1 aliphatic heterocycles. The van der Waals surface area contributed by atoms with Crippen LogP contribution in [0.25, 0.3) is 0 Å². The van der Waals surface area contributed by atoms with Crippen molar-refractivity contribution in [1.82, 2.24) is 0 Å². The average molecular weight is 235 g/mol. The molecule has 0 amide bonds. The van der Waals surface area contributed by atoms with Crippen LogP contribution in [0.3, 0.4) is 0 Å². The van der Waals surface area contributed by atoms with Crippen molar-refractivity contribution < 1.29 is 19.4 Å². The van der Waals surface area contributed by atoms with Crippen molar-refractivity contribution in [1.29, 1.82) is 0 Å². The highest BCUT2D eigenvalue weighted by Crippen LogP contribution is 2.40. The maximum atomic E-state index is 11.7. The molecule has 17 heavy (non-hydrogen) atoms. The van der Waals surface area contributed by atoms with E-state index in [0.717, 1.165) is 0 Å². The molecule has 0 bridgehead atoms. The number of ether oxygens (including phenoxy) is 1. The van der Waals surface area contributed by atoms with Gasteiger partial charge in [0.2, 0.25) is 0 Å². The van der Waals surface area contributed by atoms with Crippen molar-refractivity contribution in [2.45, 2.75) is 18.9 Å². The molecule has 2 unspecified atom stereocenters. The van der Waals surface area contributed by atoms with Gasteiger partial charge in [-0.05, 0) is 13.0 Å². The Morgan fingerprint density at radius 3 is 2.82 bits per heavy atom. The van der Waals surface area contributed by atoms with Gasteiger partial charge in [-0.1, -0.05) is 18.2 Å². The third kappa shape index (κ3) is 1.89. The first-order valence-electron chi connectivity index (χ1n) is 5.25. The van der Waals surface area contributed by atoms with E-state index in [1.807, 2.05) is 0 Å². The fraction of sp³-hybridized carbons (Fsp3) is 0.333.